The van der Waals surface area contributed by atoms with Gasteiger partial charge in [-0.3, -0.25) is 9.59 Å². The Kier molecular flexibility index (Phi) is 8.09. The molecule has 0 saturated heterocycles. The summed E-state index contributed by atoms with van der Waals surface area (Å²) in [4.78, 5) is 24.7. The highest BCUT2D eigenvalue weighted by Crippen LogP contribution is 2.28. The quantitative estimate of drug-likeness (QED) is 0.443. The zero-order valence-electron chi connectivity index (χ0n) is 18.2. The molecule has 2 amide bonds. The second-order valence-electron chi connectivity index (χ2n) is 7.08. The first-order valence-electron chi connectivity index (χ1n) is 10.3. The van der Waals surface area contributed by atoms with Crippen molar-refractivity contribution in [2.45, 2.75) is 12.8 Å². The predicted octanol–water partition coefficient (Wildman–Crippen LogP) is 4.33. The molecule has 7 heteroatoms. The van der Waals surface area contributed by atoms with Gasteiger partial charge < -0.3 is 25.4 Å². The van der Waals surface area contributed by atoms with E-state index in [-0.39, 0.29) is 18.4 Å². The standard InChI is InChI=1S/C25H27N3O4/c1-31-21-12-13-23(32-2)22(16-21)26-17-25(30)28-20-10-6-9-19(15-20)27-24(29)14-11-18-7-4-3-5-8-18/h3-10,12-13,15-16,26H,11,14,17H2,1-2H3,(H,27,29)(H,28,30). The molecule has 3 aromatic rings. The van der Waals surface area contributed by atoms with E-state index in [1.54, 1.807) is 56.7 Å². The fourth-order valence-electron chi connectivity index (χ4n) is 3.13. The van der Waals surface area contributed by atoms with Gasteiger partial charge in [0.25, 0.3) is 0 Å². The van der Waals surface area contributed by atoms with Gasteiger partial charge in [0, 0.05) is 23.9 Å². The largest absolute Gasteiger partial charge is 0.497 e. The van der Waals surface area contributed by atoms with Crippen LogP contribution in [0.15, 0.2) is 72.8 Å². The van der Waals surface area contributed by atoms with Crippen LogP contribution >= 0.6 is 0 Å². The van der Waals surface area contributed by atoms with E-state index in [2.05, 4.69) is 16.0 Å². The highest BCUT2D eigenvalue weighted by molar-refractivity contribution is 5.96. The summed E-state index contributed by atoms with van der Waals surface area (Å²) in [6, 6.07) is 22.2. The topological polar surface area (TPSA) is 88.7 Å². The van der Waals surface area contributed by atoms with Crippen molar-refractivity contribution in [3.63, 3.8) is 0 Å². The molecule has 0 saturated carbocycles. The summed E-state index contributed by atoms with van der Waals surface area (Å²) in [5, 5.41) is 8.75. The van der Waals surface area contributed by atoms with Crippen LogP contribution in [0.3, 0.4) is 0 Å². The van der Waals surface area contributed by atoms with Crippen molar-refractivity contribution in [3.05, 3.63) is 78.4 Å². The molecule has 3 N–H and O–H groups in total. The van der Waals surface area contributed by atoms with Crippen LogP contribution in [0.1, 0.15) is 12.0 Å². The number of carbonyl (C=O) groups is 2. The number of carbonyl (C=O) groups excluding carboxylic acids is 2. The van der Waals surface area contributed by atoms with Crippen molar-refractivity contribution in [1.29, 1.82) is 0 Å². The molecule has 3 rings (SSSR count). The first-order chi connectivity index (χ1) is 15.6. The third-order valence-electron chi connectivity index (χ3n) is 4.76. The molecule has 0 aliphatic heterocycles. The number of methoxy groups -OCH3 is 2. The molecule has 0 aliphatic rings. The van der Waals surface area contributed by atoms with Crippen LogP contribution in [-0.4, -0.2) is 32.6 Å². The number of benzene rings is 3. The number of amides is 2. The van der Waals surface area contributed by atoms with Gasteiger partial charge in [0.2, 0.25) is 11.8 Å². The number of nitrogens with one attached hydrogen (secondary N) is 3. The highest BCUT2D eigenvalue weighted by Gasteiger charge is 2.09. The SMILES string of the molecule is COc1ccc(OC)c(NCC(=O)Nc2cccc(NC(=O)CCc3ccccc3)c2)c1. The average Bonchev–Trinajstić information content (AvgIpc) is 2.82. The lowest BCUT2D eigenvalue weighted by Crippen LogP contribution is -2.22. The van der Waals surface area contributed by atoms with E-state index in [4.69, 9.17) is 9.47 Å². The molecule has 3 aromatic carbocycles. The fourth-order valence-corrected chi connectivity index (χ4v) is 3.13. The van der Waals surface area contributed by atoms with Crippen LogP contribution < -0.4 is 25.4 Å². The maximum Gasteiger partial charge on any atom is 0.243 e. The summed E-state index contributed by atoms with van der Waals surface area (Å²) in [5.41, 5.74) is 2.99. The third kappa shape index (κ3) is 6.77. The number of hydrogen-bond acceptors (Lipinski definition) is 5. The minimum atomic E-state index is -0.234. The van der Waals surface area contributed by atoms with Crippen LogP contribution in [0.2, 0.25) is 0 Å². The lowest BCUT2D eigenvalue weighted by molar-refractivity contribution is -0.116. The smallest absolute Gasteiger partial charge is 0.243 e. The Hall–Kier alpha value is -4.00. The second kappa shape index (κ2) is 11.4. The van der Waals surface area contributed by atoms with E-state index in [0.29, 0.717) is 41.4 Å². The van der Waals surface area contributed by atoms with Crippen molar-refractivity contribution < 1.29 is 19.1 Å². The molecule has 0 radical (unpaired) electrons. The van der Waals surface area contributed by atoms with Gasteiger partial charge in [-0.25, -0.2) is 0 Å². The monoisotopic (exact) mass is 433 g/mol. The van der Waals surface area contributed by atoms with Crippen LogP contribution in [-0.2, 0) is 16.0 Å². The summed E-state index contributed by atoms with van der Waals surface area (Å²) in [6.07, 6.45) is 1.05. The van der Waals surface area contributed by atoms with E-state index < -0.39 is 0 Å². The Morgan fingerprint density at radius 2 is 1.50 bits per heavy atom. The first kappa shape index (κ1) is 22.7. The lowest BCUT2D eigenvalue weighted by Gasteiger charge is -2.13. The van der Waals surface area contributed by atoms with E-state index in [0.717, 1.165) is 5.56 Å². The zero-order valence-corrected chi connectivity index (χ0v) is 18.2. The van der Waals surface area contributed by atoms with E-state index in [1.165, 1.54) is 0 Å². The fraction of sp³-hybridized carbons (Fsp3) is 0.200. The summed E-state index contributed by atoms with van der Waals surface area (Å²) in [6.45, 7) is 0.0389. The molecular weight excluding hydrogens is 406 g/mol. The number of rotatable bonds is 10. The molecule has 32 heavy (non-hydrogen) atoms. The summed E-state index contributed by atoms with van der Waals surface area (Å²) in [5.74, 6) is 0.953. The molecule has 0 fully saturated rings. The predicted molar refractivity (Wildman–Crippen MR) is 127 cm³/mol. The Morgan fingerprint density at radius 1 is 0.781 bits per heavy atom. The number of hydrogen-bond donors (Lipinski definition) is 3. The van der Waals surface area contributed by atoms with Gasteiger partial charge in [-0.1, -0.05) is 36.4 Å². The Balaban J connectivity index is 1.52. The van der Waals surface area contributed by atoms with Crippen molar-refractivity contribution in [2.24, 2.45) is 0 Å². The molecule has 0 heterocycles. The summed E-state index contributed by atoms with van der Waals surface area (Å²) < 4.78 is 10.5. The molecule has 0 bridgehead atoms. The van der Waals surface area contributed by atoms with Gasteiger partial charge in [0.05, 0.1) is 26.5 Å². The number of ether oxygens (including phenoxy) is 2. The van der Waals surface area contributed by atoms with E-state index in [1.807, 2.05) is 30.3 Å². The van der Waals surface area contributed by atoms with Gasteiger partial charge in [-0.2, -0.15) is 0 Å². The molecule has 0 aliphatic carbocycles. The summed E-state index contributed by atoms with van der Waals surface area (Å²) in [7, 11) is 3.14. The molecule has 7 nitrogen and oxygen atoms in total. The van der Waals surface area contributed by atoms with Crippen LogP contribution in [0.25, 0.3) is 0 Å². The molecule has 0 aromatic heterocycles. The van der Waals surface area contributed by atoms with E-state index >= 15 is 0 Å². The normalized spacial score (nSPS) is 10.2. The van der Waals surface area contributed by atoms with Crippen molar-refractivity contribution in [3.8, 4) is 11.5 Å². The first-order valence-corrected chi connectivity index (χ1v) is 10.3. The minimum Gasteiger partial charge on any atom is -0.497 e. The van der Waals surface area contributed by atoms with Gasteiger partial charge >= 0.3 is 0 Å². The Bertz CT molecular complexity index is 1050. The van der Waals surface area contributed by atoms with E-state index in [9.17, 15) is 9.59 Å². The molecule has 0 atom stereocenters. The van der Waals surface area contributed by atoms with Crippen LogP contribution in [0, 0.1) is 0 Å². The number of aryl methyl sites for hydroxylation is 1. The molecule has 166 valence electrons. The van der Waals surface area contributed by atoms with Gasteiger partial charge in [-0.05, 0) is 42.3 Å². The number of anilines is 3. The van der Waals surface area contributed by atoms with Crippen LogP contribution in [0.4, 0.5) is 17.1 Å². The van der Waals surface area contributed by atoms with Gasteiger partial charge in [0.15, 0.2) is 0 Å². The molecule has 0 unspecified atom stereocenters. The minimum absolute atomic E-state index is 0.0389. The Morgan fingerprint density at radius 3 is 2.19 bits per heavy atom. The molecule has 0 spiro atoms. The van der Waals surface area contributed by atoms with Crippen LogP contribution in [0.5, 0.6) is 11.5 Å². The zero-order chi connectivity index (χ0) is 22.8. The second-order valence-corrected chi connectivity index (χ2v) is 7.08. The third-order valence-corrected chi connectivity index (χ3v) is 4.76. The maximum absolute atomic E-state index is 12.4. The van der Waals surface area contributed by atoms with Crippen molar-refractivity contribution >= 4 is 28.9 Å². The van der Waals surface area contributed by atoms with Gasteiger partial charge in [-0.15, -0.1) is 0 Å². The van der Waals surface area contributed by atoms with Crippen molar-refractivity contribution in [1.82, 2.24) is 0 Å². The molecular formula is C25H27N3O4. The Labute approximate surface area is 187 Å². The average molecular weight is 434 g/mol. The lowest BCUT2D eigenvalue weighted by atomic mass is 10.1. The van der Waals surface area contributed by atoms with Gasteiger partial charge in [0.1, 0.15) is 11.5 Å². The van der Waals surface area contributed by atoms with Crippen molar-refractivity contribution in [2.75, 3.05) is 36.7 Å². The summed E-state index contributed by atoms with van der Waals surface area (Å²) >= 11 is 0. The maximum atomic E-state index is 12.4. The highest BCUT2D eigenvalue weighted by atomic mass is 16.5.